The lowest BCUT2D eigenvalue weighted by Crippen LogP contribution is -2.39. The minimum atomic E-state index is -0.269. The summed E-state index contributed by atoms with van der Waals surface area (Å²) in [6.07, 6.45) is 2.47. The van der Waals surface area contributed by atoms with Crippen LogP contribution in [0.4, 0.5) is 0 Å². The summed E-state index contributed by atoms with van der Waals surface area (Å²) in [5.74, 6) is 1.67. The number of methoxy groups -OCH3 is 1. The van der Waals surface area contributed by atoms with E-state index in [0.717, 1.165) is 49.5 Å². The molecule has 1 N–H and O–H groups in total. The second kappa shape index (κ2) is 9.55. The van der Waals surface area contributed by atoms with E-state index in [9.17, 15) is 5.11 Å². The molecule has 4 rings (SSSR count). The molecule has 2 aromatic carbocycles. The van der Waals surface area contributed by atoms with Gasteiger partial charge in [-0.2, -0.15) is 5.10 Å². The number of rotatable bonds is 7. The van der Waals surface area contributed by atoms with Crippen molar-refractivity contribution in [2.24, 2.45) is 0 Å². The minimum Gasteiger partial charge on any atom is -0.497 e. The van der Waals surface area contributed by atoms with Gasteiger partial charge in [-0.05, 0) is 61.3 Å². The van der Waals surface area contributed by atoms with Crippen molar-refractivity contribution in [3.63, 3.8) is 0 Å². The average Bonchev–Trinajstić information content (AvgIpc) is 3.08. The van der Waals surface area contributed by atoms with E-state index in [-0.39, 0.29) is 6.10 Å². The molecule has 0 unspecified atom stereocenters. The smallest absolute Gasteiger partial charge is 0.199 e. The summed E-state index contributed by atoms with van der Waals surface area (Å²) in [6.45, 7) is 2.97. The maximum atomic E-state index is 10.0. The normalized spacial score (nSPS) is 17.2. The standard InChI is InChI=1S/C23H28N4O2S/c1-29-21-11-9-19(10-12-21)22-24-27(17-25-14-5-8-20(28)16-25)23(30)26(22)15-13-18-6-3-2-4-7-18/h2-4,6-7,9-12,20,28H,5,8,13-17H2,1H3/t20-/m1/s1. The Hall–Kier alpha value is -2.48. The summed E-state index contributed by atoms with van der Waals surface area (Å²) in [7, 11) is 1.66. The van der Waals surface area contributed by atoms with Crippen molar-refractivity contribution in [3.05, 3.63) is 64.9 Å². The largest absolute Gasteiger partial charge is 0.497 e. The van der Waals surface area contributed by atoms with Gasteiger partial charge in [-0.1, -0.05) is 30.3 Å². The van der Waals surface area contributed by atoms with E-state index in [4.69, 9.17) is 22.1 Å². The number of ether oxygens (including phenoxy) is 1. The number of aliphatic hydroxyl groups excluding tert-OH is 1. The van der Waals surface area contributed by atoms with Crippen LogP contribution in [0.15, 0.2) is 54.6 Å². The second-order valence-corrected chi connectivity index (χ2v) is 8.10. The Morgan fingerprint density at radius 3 is 2.60 bits per heavy atom. The molecule has 0 radical (unpaired) electrons. The van der Waals surface area contributed by atoms with Gasteiger partial charge in [0.1, 0.15) is 5.75 Å². The molecule has 1 aromatic heterocycles. The molecule has 1 atom stereocenters. The predicted molar refractivity (Wildman–Crippen MR) is 120 cm³/mol. The predicted octanol–water partition coefficient (Wildman–Crippen LogP) is 3.75. The van der Waals surface area contributed by atoms with Crippen molar-refractivity contribution in [2.45, 2.75) is 38.6 Å². The van der Waals surface area contributed by atoms with Gasteiger partial charge in [0.05, 0.1) is 19.9 Å². The number of β-amino-alcohol motifs (C(OH)–C–C–N with tert-alkyl or cyclic N) is 1. The number of nitrogens with zero attached hydrogens (tertiary/aromatic N) is 4. The highest BCUT2D eigenvalue weighted by Gasteiger charge is 2.20. The first-order chi connectivity index (χ1) is 14.6. The number of aromatic nitrogens is 3. The van der Waals surface area contributed by atoms with E-state index < -0.39 is 0 Å². The Labute approximate surface area is 182 Å². The lowest BCUT2D eigenvalue weighted by Gasteiger charge is -2.29. The summed E-state index contributed by atoms with van der Waals surface area (Å²) in [4.78, 5) is 2.22. The number of hydrogen-bond donors (Lipinski definition) is 1. The second-order valence-electron chi connectivity index (χ2n) is 7.74. The van der Waals surface area contributed by atoms with Crippen molar-refractivity contribution in [1.82, 2.24) is 19.2 Å². The minimum absolute atomic E-state index is 0.269. The first kappa shape index (κ1) is 20.8. The van der Waals surface area contributed by atoms with Crippen LogP contribution in [0, 0.1) is 4.77 Å². The van der Waals surface area contributed by atoms with E-state index in [1.54, 1.807) is 7.11 Å². The highest BCUT2D eigenvalue weighted by atomic mass is 32.1. The Kier molecular flexibility index (Phi) is 6.62. The first-order valence-corrected chi connectivity index (χ1v) is 10.8. The molecule has 0 saturated carbocycles. The number of piperidine rings is 1. The van der Waals surface area contributed by atoms with Gasteiger partial charge in [0.2, 0.25) is 0 Å². The van der Waals surface area contributed by atoms with Crippen LogP contribution in [0.3, 0.4) is 0 Å². The number of hydrogen-bond acceptors (Lipinski definition) is 5. The summed E-state index contributed by atoms with van der Waals surface area (Å²) < 4.78 is 10.0. The van der Waals surface area contributed by atoms with Crippen LogP contribution in [0.2, 0.25) is 0 Å². The zero-order chi connectivity index (χ0) is 20.9. The van der Waals surface area contributed by atoms with Crippen molar-refractivity contribution in [3.8, 4) is 17.1 Å². The molecule has 7 heteroatoms. The monoisotopic (exact) mass is 424 g/mol. The molecule has 1 aliphatic rings. The molecule has 6 nitrogen and oxygen atoms in total. The van der Waals surface area contributed by atoms with Gasteiger partial charge in [0, 0.05) is 25.2 Å². The van der Waals surface area contributed by atoms with Crippen molar-refractivity contribution >= 4 is 12.2 Å². The molecule has 1 aliphatic heterocycles. The zero-order valence-electron chi connectivity index (χ0n) is 17.3. The third-order valence-corrected chi connectivity index (χ3v) is 5.98. The Bertz CT molecular complexity index is 1010. The highest BCUT2D eigenvalue weighted by Crippen LogP contribution is 2.23. The molecule has 158 valence electrons. The molecule has 0 amide bonds. The van der Waals surface area contributed by atoms with Crippen LogP contribution in [-0.4, -0.2) is 50.7 Å². The average molecular weight is 425 g/mol. The van der Waals surface area contributed by atoms with E-state index in [1.807, 2.05) is 35.0 Å². The maximum absolute atomic E-state index is 10.0. The SMILES string of the molecule is COc1ccc(-c2nn(CN3CCC[C@@H](O)C3)c(=S)n2CCc2ccccc2)cc1. The molecular formula is C23H28N4O2S. The molecule has 2 heterocycles. The van der Waals surface area contributed by atoms with Gasteiger partial charge in [0.15, 0.2) is 10.6 Å². The highest BCUT2D eigenvalue weighted by molar-refractivity contribution is 7.71. The Balaban J connectivity index is 1.64. The number of likely N-dealkylation sites (tertiary alicyclic amines) is 1. The fourth-order valence-corrected chi connectivity index (χ4v) is 4.20. The van der Waals surface area contributed by atoms with E-state index >= 15 is 0 Å². The maximum Gasteiger partial charge on any atom is 0.199 e. The zero-order valence-corrected chi connectivity index (χ0v) is 18.1. The third-order valence-electron chi connectivity index (χ3n) is 5.55. The lowest BCUT2D eigenvalue weighted by molar-refractivity contribution is 0.0513. The topological polar surface area (TPSA) is 55.4 Å². The van der Waals surface area contributed by atoms with Crippen LogP contribution in [0.5, 0.6) is 5.75 Å². The van der Waals surface area contributed by atoms with Crippen molar-refractivity contribution in [2.75, 3.05) is 20.2 Å². The molecule has 3 aromatic rings. The van der Waals surface area contributed by atoms with Gasteiger partial charge in [-0.25, -0.2) is 4.68 Å². The molecule has 30 heavy (non-hydrogen) atoms. The van der Waals surface area contributed by atoms with E-state index in [2.05, 4.69) is 33.7 Å². The van der Waals surface area contributed by atoms with E-state index in [1.165, 1.54) is 5.56 Å². The van der Waals surface area contributed by atoms with E-state index in [0.29, 0.717) is 18.0 Å². The number of aliphatic hydroxyl groups is 1. The Morgan fingerprint density at radius 2 is 1.90 bits per heavy atom. The van der Waals surface area contributed by atoms with Gasteiger partial charge in [0.25, 0.3) is 0 Å². The summed E-state index contributed by atoms with van der Waals surface area (Å²) in [5, 5.41) is 14.9. The fourth-order valence-electron chi connectivity index (χ4n) is 3.92. The van der Waals surface area contributed by atoms with Gasteiger partial charge >= 0.3 is 0 Å². The van der Waals surface area contributed by atoms with Crippen LogP contribution in [-0.2, 0) is 19.6 Å². The van der Waals surface area contributed by atoms with Crippen molar-refractivity contribution in [1.29, 1.82) is 0 Å². The van der Waals surface area contributed by atoms with Gasteiger partial charge in [-0.15, -0.1) is 0 Å². The van der Waals surface area contributed by atoms with Crippen LogP contribution in [0.25, 0.3) is 11.4 Å². The van der Waals surface area contributed by atoms with Gasteiger partial charge < -0.3 is 9.84 Å². The fraction of sp³-hybridized carbons (Fsp3) is 0.391. The van der Waals surface area contributed by atoms with Crippen LogP contribution in [0.1, 0.15) is 18.4 Å². The van der Waals surface area contributed by atoms with Gasteiger partial charge in [-0.3, -0.25) is 9.47 Å². The Morgan fingerprint density at radius 1 is 1.13 bits per heavy atom. The van der Waals surface area contributed by atoms with Crippen LogP contribution >= 0.6 is 12.2 Å². The third kappa shape index (κ3) is 4.80. The van der Waals surface area contributed by atoms with Crippen LogP contribution < -0.4 is 4.74 Å². The molecule has 0 aliphatic carbocycles. The lowest BCUT2D eigenvalue weighted by atomic mass is 10.1. The van der Waals surface area contributed by atoms with Crippen molar-refractivity contribution < 1.29 is 9.84 Å². The summed E-state index contributed by atoms with van der Waals surface area (Å²) in [6, 6.07) is 18.3. The molecule has 0 spiro atoms. The molecule has 0 bridgehead atoms. The summed E-state index contributed by atoms with van der Waals surface area (Å²) >= 11 is 5.82. The first-order valence-electron chi connectivity index (χ1n) is 10.4. The molecule has 1 saturated heterocycles. The number of aryl methyl sites for hydroxylation is 1. The summed E-state index contributed by atoms with van der Waals surface area (Å²) in [5.41, 5.74) is 2.28. The molecule has 1 fully saturated rings. The molecular weight excluding hydrogens is 396 g/mol. The number of benzene rings is 2. The quantitative estimate of drug-likeness (QED) is 0.586.